The van der Waals surface area contributed by atoms with Gasteiger partial charge in [0.2, 0.25) is 0 Å². The van der Waals surface area contributed by atoms with E-state index in [1.165, 1.54) is 12.1 Å². The van der Waals surface area contributed by atoms with E-state index in [1.54, 1.807) is 6.07 Å². The maximum Gasteiger partial charge on any atom is 0.306 e. The molecule has 1 N–H and O–H groups in total. The topological polar surface area (TPSA) is 55.1 Å². The van der Waals surface area contributed by atoms with Crippen LogP contribution in [0.5, 0.6) is 0 Å². The van der Waals surface area contributed by atoms with Gasteiger partial charge in [-0.05, 0) is 50.7 Å². The Balaban J connectivity index is 1.77. The van der Waals surface area contributed by atoms with Crippen LogP contribution in [0.4, 0.5) is 4.39 Å². The molecule has 4 nitrogen and oxygen atoms in total. The molecule has 3 rings (SSSR count). The molecule has 0 spiro atoms. The van der Waals surface area contributed by atoms with Gasteiger partial charge < -0.3 is 9.67 Å². The van der Waals surface area contributed by atoms with Crippen LogP contribution in [0.2, 0.25) is 0 Å². The van der Waals surface area contributed by atoms with E-state index in [-0.39, 0.29) is 11.7 Å². The van der Waals surface area contributed by atoms with Crippen LogP contribution in [0.25, 0.3) is 11.0 Å². The van der Waals surface area contributed by atoms with Crippen molar-refractivity contribution in [1.29, 1.82) is 0 Å². The van der Waals surface area contributed by atoms with Gasteiger partial charge in [0, 0.05) is 12.6 Å². The fourth-order valence-electron chi connectivity index (χ4n) is 3.30. The first kappa shape index (κ1) is 14.0. The Bertz CT molecular complexity index is 672. The molecule has 0 aliphatic heterocycles. The first-order valence-electron chi connectivity index (χ1n) is 7.40. The molecule has 1 aromatic carbocycles. The summed E-state index contributed by atoms with van der Waals surface area (Å²) in [5.74, 6) is 0.232. The third-order valence-electron chi connectivity index (χ3n) is 4.54. The van der Waals surface area contributed by atoms with Crippen LogP contribution in [-0.2, 0) is 11.3 Å². The van der Waals surface area contributed by atoms with Crippen LogP contribution in [-0.4, -0.2) is 20.6 Å². The third-order valence-corrected chi connectivity index (χ3v) is 4.54. The van der Waals surface area contributed by atoms with Crippen molar-refractivity contribution in [1.82, 2.24) is 9.55 Å². The maximum atomic E-state index is 13.3. The van der Waals surface area contributed by atoms with Crippen molar-refractivity contribution in [3.8, 4) is 0 Å². The molecule has 0 bridgehead atoms. The van der Waals surface area contributed by atoms with Gasteiger partial charge in [-0.3, -0.25) is 4.79 Å². The minimum absolute atomic E-state index is 0.184. The summed E-state index contributed by atoms with van der Waals surface area (Å²) in [6, 6.07) is 4.69. The fraction of sp³-hybridized carbons (Fsp3) is 0.500. The second-order valence-electron chi connectivity index (χ2n) is 5.96. The Labute approximate surface area is 122 Å². The second-order valence-corrected chi connectivity index (χ2v) is 5.96. The number of fused-ring (bicyclic) bond motifs is 1. The number of imidazole rings is 1. The molecule has 1 aliphatic rings. The molecular formula is C16H19FN2O2. The standard InChI is InChI=1S/C16H19FN2O2/c1-10-18-14-8-13(17)6-7-15(14)19(10)9-11-2-4-12(5-3-11)16(20)21/h6-8,11-12H,2-5,9H2,1H3,(H,20,21). The van der Waals surface area contributed by atoms with Crippen molar-refractivity contribution in [2.45, 2.75) is 39.2 Å². The van der Waals surface area contributed by atoms with Gasteiger partial charge in [0.05, 0.1) is 17.0 Å². The van der Waals surface area contributed by atoms with Gasteiger partial charge >= 0.3 is 5.97 Å². The summed E-state index contributed by atoms with van der Waals surface area (Å²) in [5.41, 5.74) is 1.64. The van der Waals surface area contributed by atoms with Crippen LogP contribution in [0, 0.1) is 24.6 Å². The van der Waals surface area contributed by atoms with Gasteiger partial charge in [-0.15, -0.1) is 0 Å². The molecule has 0 saturated heterocycles. The van der Waals surface area contributed by atoms with E-state index < -0.39 is 5.97 Å². The summed E-state index contributed by atoms with van der Waals surface area (Å²) < 4.78 is 15.4. The maximum absolute atomic E-state index is 13.3. The van der Waals surface area contributed by atoms with Crippen LogP contribution in [0.15, 0.2) is 18.2 Å². The molecule has 0 radical (unpaired) electrons. The lowest BCUT2D eigenvalue weighted by Gasteiger charge is -2.26. The summed E-state index contributed by atoms with van der Waals surface area (Å²) >= 11 is 0. The number of rotatable bonds is 3. The van der Waals surface area contributed by atoms with E-state index in [4.69, 9.17) is 5.11 Å². The van der Waals surface area contributed by atoms with E-state index in [0.29, 0.717) is 11.4 Å². The quantitative estimate of drug-likeness (QED) is 0.943. The molecule has 0 amide bonds. The number of nitrogens with zero attached hydrogens (tertiary/aromatic N) is 2. The highest BCUT2D eigenvalue weighted by Crippen LogP contribution is 2.31. The second kappa shape index (κ2) is 5.47. The lowest BCUT2D eigenvalue weighted by atomic mass is 9.82. The molecule has 5 heteroatoms. The predicted molar refractivity (Wildman–Crippen MR) is 77.5 cm³/mol. The highest BCUT2D eigenvalue weighted by atomic mass is 19.1. The number of hydrogen-bond acceptors (Lipinski definition) is 2. The lowest BCUT2D eigenvalue weighted by Crippen LogP contribution is -2.24. The Morgan fingerprint density at radius 3 is 2.76 bits per heavy atom. The summed E-state index contributed by atoms with van der Waals surface area (Å²) in [7, 11) is 0. The molecular weight excluding hydrogens is 271 g/mol. The number of carboxylic acid groups (broad SMARTS) is 1. The van der Waals surface area contributed by atoms with Crippen molar-refractivity contribution in [3.63, 3.8) is 0 Å². The van der Waals surface area contributed by atoms with Crippen molar-refractivity contribution >= 4 is 17.0 Å². The highest BCUT2D eigenvalue weighted by molar-refractivity contribution is 5.76. The molecule has 1 fully saturated rings. The highest BCUT2D eigenvalue weighted by Gasteiger charge is 2.26. The third kappa shape index (κ3) is 2.77. The SMILES string of the molecule is Cc1nc2cc(F)ccc2n1CC1CCC(C(=O)O)CC1. The first-order chi connectivity index (χ1) is 10.0. The van der Waals surface area contributed by atoms with Crippen molar-refractivity contribution in [2.24, 2.45) is 11.8 Å². The molecule has 0 atom stereocenters. The van der Waals surface area contributed by atoms with Crippen molar-refractivity contribution < 1.29 is 14.3 Å². The Morgan fingerprint density at radius 2 is 2.10 bits per heavy atom. The smallest absolute Gasteiger partial charge is 0.306 e. The molecule has 2 aromatic rings. The summed E-state index contributed by atoms with van der Waals surface area (Å²) in [6.45, 7) is 2.76. The molecule has 1 aromatic heterocycles. The number of aliphatic carboxylic acids is 1. The van der Waals surface area contributed by atoms with Crippen molar-refractivity contribution in [2.75, 3.05) is 0 Å². The molecule has 21 heavy (non-hydrogen) atoms. The lowest BCUT2D eigenvalue weighted by molar-refractivity contribution is -0.143. The molecule has 0 unspecified atom stereocenters. The van der Waals surface area contributed by atoms with Crippen molar-refractivity contribution in [3.05, 3.63) is 29.8 Å². The molecule has 1 saturated carbocycles. The van der Waals surface area contributed by atoms with Gasteiger partial charge in [0.1, 0.15) is 11.6 Å². The normalized spacial score (nSPS) is 22.6. The van der Waals surface area contributed by atoms with Gasteiger partial charge in [0.25, 0.3) is 0 Å². The number of carboxylic acids is 1. The number of hydrogen-bond donors (Lipinski definition) is 1. The number of carbonyl (C=O) groups is 1. The largest absolute Gasteiger partial charge is 0.481 e. The molecule has 1 heterocycles. The monoisotopic (exact) mass is 290 g/mol. The Morgan fingerprint density at radius 1 is 1.38 bits per heavy atom. The van der Waals surface area contributed by atoms with Gasteiger partial charge in [-0.1, -0.05) is 0 Å². The van der Waals surface area contributed by atoms with Gasteiger partial charge in [0.15, 0.2) is 0 Å². The van der Waals surface area contributed by atoms with E-state index in [0.717, 1.165) is 43.6 Å². The van der Waals surface area contributed by atoms with E-state index in [2.05, 4.69) is 9.55 Å². The Kier molecular flexibility index (Phi) is 3.66. The van der Waals surface area contributed by atoms with E-state index >= 15 is 0 Å². The summed E-state index contributed by atoms with van der Waals surface area (Å²) in [6.07, 6.45) is 3.36. The number of aromatic nitrogens is 2. The zero-order valence-electron chi connectivity index (χ0n) is 12.1. The van der Waals surface area contributed by atoms with Crippen LogP contribution >= 0.6 is 0 Å². The number of halogens is 1. The molecule has 112 valence electrons. The minimum Gasteiger partial charge on any atom is -0.481 e. The molecule has 1 aliphatic carbocycles. The van der Waals surface area contributed by atoms with E-state index in [9.17, 15) is 9.18 Å². The average Bonchev–Trinajstić information content (AvgIpc) is 2.75. The zero-order chi connectivity index (χ0) is 15.0. The van der Waals surface area contributed by atoms with Crippen LogP contribution in [0.3, 0.4) is 0 Å². The Hall–Kier alpha value is -1.91. The van der Waals surface area contributed by atoms with Crippen LogP contribution in [0.1, 0.15) is 31.5 Å². The predicted octanol–water partition coefficient (Wildman–Crippen LogP) is 3.37. The fourth-order valence-corrected chi connectivity index (χ4v) is 3.30. The summed E-state index contributed by atoms with van der Waals surface area (Å²) in [5, 5.41) is 9.04. The van der Waals surface area contributed by atoms with Gasteiger partial charge in [-0.25, -0.2) is 9.37 Å². The zero-order valence-corrected chi connectivity index (χ0v) is 12.1. The van der Waals surface area contributed by atoms with E-state index in [1.807, 2.05) is 6.92 Å². The summed E-state index contributed by atoms with van der Waals surface area (Å²) in [4.78, 5) is 15.4. The van der Waals surface area contributed by atoms with Gasteiger partial charge in [-0.2, -0.15) is 0 Å². The minimum atomic E-state index is -0.673. The van der Waals surface area contributed by atoms with Crippen LogP contribution < -0.4 is 0 Å². The first-order valence-corrected chi connectivity index (χ1v) is 7.40. The number of benzene rings is 1. The average molecular weight is 290 g/mol. The number of aryl methyl sites for hydroxylation is 1.